The number of amides is 2. The summed E-state index contributed by atoms with van der Waals surface area (Å²) in [6.07, 6.45) is 2.02. The number of aromatic nitrogens is 1. The van der Waals surface area contributed by atoms with Crippen LogP contribution in [-0.2, 0) is 0 Å². The Kier molecular flexibility index (Phi) is 6.08. The second kappa shape index (κ2) is 9.26. The summed E-state index contributed by atoms with van der Waals surface area (Å²) in [6, 6.07) is 23.4. The Morgan fingerprint density at radius 2 is 1.68 bits per heavy atom. The van der Waals surface area contributed by atoms with Crippen LogP contribution in [0.4, 0.5) is 10.5 Å². The van der Waals surface area contributed by atoms with E-state index in [0.717, 1.165) is 22.0 Å². The van der Waals surface area contributed by atoms with Gasteiger partial charge in [0.05, 0.1) is 14.2 Å². The first kappa shape index (κ1) is 20.3. The van der Waals surface area contributed by atoms with Crippen molar-refractivity contribution in [3.05, 3.63) is 90.1 Å². The van der Waals surface area contributed by atoms with Crippen LogP contribution in [0.1, 0.15) is 17.0 Å². The van der Waals surface area contributed by atoms with E-state index in [4.69, 9.17) is 9.47 Å². The number of ether oxygens (including phenoxy) is 2. The van der Waals surface area contributed by atoms with Gasteiger partial charge in [0.25, 0.3) is 0 Å². The molecule has 0 saturated carbocycles. The van der Waals surface area contributed by atoms with E-state index >= 15 is 0 Å². The molecule has 3 aromatic carbocycles. The maximum Gasteiger partial charge on any atom is 0.319 e. The Hall–Kier alpha value is -3.93. The molecule has 0 aliphatic rings. The lowest BCUT2D eigenvalue weighted by molar-refractivity contribution is 0.252. The van der Waals surface area contributed by atoms with Crippen LogP contribution in [0.5, 0.6) is 11.5 Å². The van der Waals surface area contributed by atoms with Gasteiger partial charge >= 0.3 is 6.03 Å². The second-order valence-corrected chi connectivity index (χ2v) is 7.16. The molecule has 6 nitrogen and oxygen atoms in total. The molecule has 6 heteroatoms. The Morgan fingerprint density at radius 1 is 0.935 bits per heavy atom. The van der Waals surface area contributed by atoms with Gasteiger partial charge in [-0.05, 0) is 29.3 Å². The van der Waals surface area contributed by atoms with Gasteiger partial charge in [0.1, 0.15) is 0 Å². The Balaban J connectivity index is 1.52. The Labute approximate surface area is 181 Å². The molecule has 0 unspecified atom stereocenters. The third kappa shape index (κ3) is 4.48. The number of hydrogen-bond acceptors (Lipinski definition) is 3. The number of urea groups is 1. The van der Waals surface area contributed by atoms with Crippen LogP contribution in [0, 0.1) is 0 Å². The van der Waals surface area contributed by atoms with E-state index in [2.05, 4.69) is 39.9 Å². The molecule has 1 heterocycles. The van der Waals surface area contributed by atoms with Gasteiger partial charge in [0.15, 0.2) is 11.5 Å². The molecular formula is C25H25N3O3. The number of carbonyl (C=O) groups is 1. The summed E-state index contributed by atoms with van der Waals surface area (Å²) < 4.78 is 10.5. The minimum absolute atomic E-state index is 0.00787. The Morgan fingerprint density at radius 3 is 2.45 bits per heavy atom. The number of anilines is 1. The van der Waals surface area contributed by atoms with Crippen molar-refractivity contribution in [2.75, 3.05) is 26.1 Å². The molecule has 0 aliphatic heterocycles. The first-order chi connectivity index (χ1) is 15.2. The standard InChI is InChI=1S/C25H25N3O3/c1-30-23-13-12-18(14-24(23)31-2)28-25(29)27-15-20(17-8-4-3-5-9-17)21-16-26-22-11-7-6-10-19(21)22/h3-14,16,20,26H,15H2,1-2H3,(H2,27,28,29)/t20-/m0/s1. The number of nitrogens with one attached hydrogen (secondary N) is 3. The molecule has 1 aromatic heterocycles. The summed E-state index contributed by atoms with van der Waals surface area (Å²) in [5.74, 6) is 1.17. The molecule has 158 valence electrons. The van der Waals surface area contributed by atoms with E-state index < -0.39 is 0 Å². The lowest BCUT2D eigenvalue weighted by Gasteiger charge is -2.19. The predicted molar refractivity (Wildman–Crippen MR) is 123 cm³/mol. The van der Waals surface area contributed by atoms with Crippen LogP contribution >= 0.6 is 0 Å². The zero-order chi connectivity index (χ0) is 21.6. The zero-order valence-corrected chi connectivity index (χ0v) is 17.5. The third-order valence-electron chi connectivity index (χ3n) is 5.31. The summed E-state index contributed by atoms with van der Waals surface area (Å²) in [4.78, 5) is 16.0. The molecule has 4 rings (SSSR count). The highest BCUT2D eigenvalue weighted by molar-refractivity contribution is 5.90. The fourth-order valence-electron chi connectivity index (χ4n) is 3.76. The molecule has 2 amide bonds. The summed E-state index contributed by atoms with van der Waals surface area (Å²) in [5, 5.41) is 7.03. The maximum absolute atomic E-state index is 12.6. The molecule has 0 radical (unpaired) electrons. The van der Waals surface area contributed by atoms with Gasteiger partial charge in [-0.25, -0.2) is 4.79 Å². The fraction of sp³-hybridized carbons (Fsp3) is 0.160. The second-order valence-electron chi connectivity index (χ2n) is 7.16. The Bertz CT molecular complexity index is 1170. The summed E-state index contributed by atoms with van der Waals surface area (Å²) in [6.45, 7) is 0.449. The molecule has 0 fully saturated rings. The van der Waals surface area contributed by atoms with Crippen LogP contribution in [-0.4, -0.2) is 31.8 Å². The number of H-pyrrole nitrogens is 1. The SMILES string of the molecule is COc1ccc(NC(=O)NC[C@@H](c2ccccc2)c2c[nH]c3ccccc23)cc1OC. The number of fused-ring (bicyclic) bond motifs is 1. The zero-order valence-electron chi connectivity index (χ0n) is 17.5. The lowest BCUT2D eigenvalue weighted by atomic mass is 9.91. The minimum atomic E-state index is -0.284. The highest BCUT2D eigenvalue weighted by atomic mass is 16.5. The fourth-order valence-corrected chi connectivity index (χ4v) is 3.76. The van der Waals surface area contributed by atoms with E-state index in [1.165, 1.54) is 0 Å². The van der Waals surface area contributed by atoms with Crippen LogP contribution in [0.3, 0.4) is 0 Å². The average Bonchev–Trinajstić information content (AvgIpc) is 3.24. The number of rotatable bonds is 7. The van der Waals surface area contributed by atoms with Crippen molar-refractivity contribution in [1.29, 1.82) is 0 Å². The molecule has 0 aliphatic carbocycles. The first-order valence-electron chi connectivity index (χ1n) is 10.1. The minimum Gasteiger partial charge on any atom is -0.493 e. The van der Waals surface area contributed by atoms with Gasteiger partial charge in [-0.15, -0.1) is 0 Å². The molecule has 0 saturated heterocycles. The number of carbonyl (C=O) groups excluding carboxylic acids is 1. The number of methoxy groups -OCH3 is 2. The molecular weight excluding hydrogens is 390 g/mol. The average molecular weight is 415 g/mol. The normalized spacial score (nSPS) is 11.7. The highest BCUT2D eigenvalue weighted by Gasteiger charge is 2.19. The van der Waals surface area contributed by atoms with Crippen LogP contribution in [0.2, 0.25) is 0 Å². The quantitative estimate of drug-likeness (QED) is 0.391. The molecule has 1 atom stereocenters. The van der Waals surface area contributed by atoms with E-state index in [0.29, 0.717) is 23.7 Å². The van der Waals surface area contributed by atoms with Crippen molar-refractivity contribution < 1.29 is 14.3 Å². The van der Waals surface area contributed by atoms with Crippen molar-refractivity contribution in [2.45, 2.75) is 5.92 Å². The number of aromatic amines is 1. The predicted octanol–water partition coefficient (Wildman–Crippen LogP) is 5.14. The number of para-hydroxylation sites is 1. The summed E-state index contributed by atoms with van der Waals surface area (Å²) >= 11 is 0. The van der Waals surface area contributed by atoms with E-state index in [1.54, 1.807) is 32.4 Å². The molecule has 4 aromatic rings. The lowest BCUT2D eigenvalue weighted by Crippen LogP contribution is -2.32. The van der Waals surface area contributed by atoms with Gasteiger partial charge in [0, 0.05) is 41.3 Å². The molecule has 0 spiro atoms. The van der Waals surface area contributed by atoms with Gasteiger partial charge in [0.2, 0.25) is 0 Å². The van der Waals surface area contributed by atoms with Crippen molar-refractivity contribution in [1.82, 2.24) is 10.3 Å². The molecule has 0 bridgehead atoms. The van der Waals surface area contributed by atoms with Gasteiger partial charge in [-0.3, -0.25) is 0 Å². The van der Waals surface area contributed by atoms with Crippen LogP contribution in [0.25, 0.3) is 10.9 Å². The van der Waals surface area contributed by atoms with E-state index in [-0.39, 0.29) is 11.9 Å². The van der Waals surface area contributed by atoms with E-state index in [1.807, 2.05) is 36.5 Å². The van der Waals surface area contributed by atoms with Gasteiger partial charge in [-0.1, -0.05) is 48.5 Å². The van der Waals surface area contributed by atoms with Crippen molar-refractivity contribution in [3.63, 3.8) is 0 Å². The van der Waals surface area contributed by atoms with Crippen molar-refractivity contribution in [3.8, 4) is 11.5 Å². The van der Waals surface area contributed by atoms with Crippen molar-refractivity contribution >= 4 is 22.6 Å². The summed E-state index contributed by atoms with van der Waals surface area (Å²) in [7, 11) is 3.14. The van der Waals surface area contributed by atoms with Gasteiger partial charge in [-0.2, -0.15) is 0 Å². The third-order valence-corrected chi connectivity index (χ3v) is 5.31. The van der Waals surface area contributed by atoms with Gasteiger partial charge < -0.3 is 25.1 Å². The number of hydrogen-bond donors (Lipinski definition) is 3. The topological polar surface area (TPSA) is 75.4 Å². The van der Waals surface area contributed by atoms with E-state index in [9.17, 15) is 4.79 Å². The van der Waals surface area contributed by atoms with Crippen LogP contribution in [0.15, 0.2) is 79.0 Å². The first-order valence-corrected chi connectivity index (χ1v) is 10.1. The maximum atomic E-state index is 12.6. The number of benzene rings is 3. The largest absolute Gasteiger partial charge is 0.493 e. The van der Waals surface area contributed by atoms with Crippen LogP contribution < -0.4 is 20.1 Å². The van der Waals surface area contributed by atoms with Crippen molar-refractivity contribution in [2.24, 2.45) is 0 Å². The summed E-state index contributed by atoms with van der Waals surface area (Å²) in [5.41, 5.74) is 3.98. The highest BCUT2D eigenvalue weighted by Crippen LogP contribution is 2.31. The monoisotopic (exact) mass is 415 g/mol. The molecule has 31 heavy (non-hydrogen) atoms. The molecule has 3 N–H and O–H groups in total. The smallest absolute Gasteiger partial charge is 0.319 e.